The molecule has 1 rings (SSSR count). The lowest BCUT2D eigenvalue weighted by molar-refractivity contribution is -0.126. The molecule has 0 heterocycles. The number of hydrogen-bond acceptors (Lipinski definition) is 4. The van der Waals surface area contributed by atoms with Crippen molar-refractivity contribution in [2.24, 2.45) is 0 Å². The third-order valence-electron chi connectivity index (χ3n) is 2.00. The Hall–Kier alpha value is -1.89. The van der Waals surface area contributed by atoms with Gasteiger partial charge in [0.15, 0.2) is 6.61 Å². The second-order valence-electron chi connectivity index (χ2n) is 3.65. The van der Waals surface area contributed by atoms with Crippen LogP contribution in [-0.4, -0.2) is 36.7 Å². The molecule has 5 nitrogen and oxygen atoms in total. The predicted molar refractivity (Wildman–Crippen MR) is 61.4 cm³/mol. The van der Waals surface area contributed by atoms with Gasteiger partial charge in [0, 0.05) is 11.8 Å². The fourth-order valence-electron chi connectivity index (χ4n) is 1.09. The summed E-state index contributed by atoms with van der Waals surface area (Å²) in [6.45, 7) is -2.64. The van der Waals surface area contributed by atoms with E-state index in [4.69, 9.17) is 15.6 Å². The number of rotatable bonds is 6. The van der Waals surface area contributed by atoms with Crippen LogP contribution >= 0.6 is 0 Å². The molecule has 0 bridgehead atoms. The second kappa shape index (κ2) is 6.15. The summed E-state index contributed by atoms with van der Waals surface area (Å²) in [4.78, 5) is 11.2. The lowest BCUT2D eigenvalue weighted by atomic mass is 10.3. The zero-order valence-corrected chi connectivity index (χ0v) is 9.53. The molecule has 0 fully saturated rings. The van der Waals surface area contributed by atoms with E-state index in [1.807, 2.05) is 5.32 Å². The van der Waals surface area contributed by atoms with Gasteiger partial charge in [-0.25, -0.2) is 8.78 Å². The maximum absolute atomic E-state index is 12.6. The molecule has 1 amide bonds. The Morgan fingerprint density at radius 1 is 1.50 bits per heavy atom. The smallest absolute Gasteiger partial charge is 0.287 e. The Morgan fingerprint density at radius 3 is 2.83 bits per heavy atom. The van der Waals surface area contributed by atoms with E-state index >= 15 is 0 Å². The zero-order chi connectivity index (χ0) is 13.6. The fraction of sp³-hybridized carbons (Fsp3) is 0.364. The molecule has 0 radical (unpaired) electrons. The first kappa shape index (κ1) is 14.2. The standard InChI is InChI=1S/C11H14F2N2O3/c12-11(13,7-16)6-15-10(17)5-18-9-3-1-2-8(14)4-9/h1-4,16H,5-7,14H2,(H,15,17). The molecular weight excluding hydrogens is 246 g/mol. The average Bonchev–Trinajstić information content (AvgIpc) is 2.34. The number of alkyl halides is 2. The van der Waals surface area contributed by atoms with E-state index in [0.29, 0.717) is 11.4 Å². The Labute approximate surface area is 103 Å². The summed E-state index contributed by atoms with van der Waals surface area (Å²) in [5, 5.41) is 10.3. The van der Waals surface area contributed by atoms with E-state index in [0.717, 1.165) is 0 Å². The van der Waals surface area contributed by atoms with Crippen LogP contribution in [0.3, 0.4) is 0 Å². The summed E-state index contributed by atoms with van der Waals surface area (Å²) in [5.41, 5.74) is 5.96. The van der Waals surface area contributed by atoms with Crippen molar-refractivity contribution in [1.82, 2.24) is 5.32 Å². The number of halogens is 2. The summed E-state index contributed by atoms with van der Waals surface area (Å²) in [7, 11) is 0. The number of nitrogens with one attached hydrogen (secondary N) is 1. The quantitative estimate of drug-likeness (QED) is 0.646. The van der Waals surface area contributed by atoms with Crippen molar-refractivity contribution in [2.75, 3.05) is 25.5 Å². The van der Waals surface area contributed by atoms with Crippen LogP contribution in [0.4, 0.5) is 14.5 Å². The SMILES string of the molecule is Nc1cccc(OCC(=O)NCC(F)(F)CO)c1. The van der Waals surface area contributed by atoms with Gasteiger partial charge in [0.2, 0.25) is 0 Å². The number of nitrogens with two attached hydrogens (primary N) is 1. The minimum atomic E-state index is -3.33. The molecule has 0 atom stereocenters. The summed E-state index contributed by atoms with van der Waals surface area (Å²) >= 11 is 0. The number of aliphatic hydroxyl groups excluding tert-OH is 1. The van der Waals surface area contributed by atoms with Crippen molar-refractivity contribution in [1.29, 1.82) is 0 Å². The minimum absolute atomic E-state index is 0.374. The number of ether oxygens (including phenoxy) is 1. The van der Waals surface area contributed by atoms with Gasteiger partial charge in [-0.2, -0.15) is 0 Å². The monoisotopic (exact) mass is 260 g/mol. The van der Waals surface area contributed by atoms with E-state index in [2.05, 4.69) is 0 Å². The molecule has 0 aromatic heterocycles. The number of carbonyl (C=O) groups is 1. The highest BCUT2D eigenvalue weighted by atomic mass is 19.3. The maximum atomic E-state index is 12.6. The Bertz CT molecular complexity index is 413. The van der Waals surface area contributed by atoms with Gasteiger partial charge < -0.3 is 20.9 Å². The molecule has 1 aromatic carbocycles. The molecule has 18 heavy (non-hydrogen) atoms. The maximum Gasteiger partial charge on any atom is 0.287 e. The Morgan fingerprint density at radius 2 is 2.22 bits per heavy atom. The molecule has 0 saturated heterocycles. The summed E-state index contributed by atoms with van der Waals surface area (Å²) in [5.74, 6) is -3.66. The van der Waals surface area contributed by atoms with Crippen molar-refractivity contribution >= 4 is 11.6 Å². The van der Waals surface area contributed by atoms with E-state index in [-0.39, 0.29) is 0 Å². The second-order valence-corrected chi connectivity index (χ2v) is 3.65. The number of nitrogen functional groups attached to an aromatic ring is 1. The van der Waals surface area contributed by atoms with Crippen LogP contribution in [0.2, 0.25) is 0 Å². The van der Waals surface area contributed by atoms with E-state index < -0.39 is 31.6 Å². The number of carbonyl (C=O) groups excluding carboxylic acids is 1. The van der Waals surface area contributed by atoms with E-state index in [1.54, 1.807) is 18.2 Å². The van der Waals surface area contributed by atoms with Crippen LogP contribution in [0.1, 0.15) is 0 Å². The first-order valence-electron chi connectivity index (χ1n) is 5.17. The molecule has 0 aliphatic rings. The van der Waals surface area contributed by atoms with Gasteiger partial charge in [-0.3, -0.25) is 4.79 Å². The third kappa shape index (κ3) is 4.96. The van der Waals surface area contributed by atoms with E-state index in [1.165, 1.54) is 6.07 Å². The van der Waals surface area contributed by atoms with Crippen LogP contribution in [0.15, 0.2) is 24.3 Å². The number of aliphatic hydroxyl groups is 1. The molecule has 100 valence electrons. The molecule has 0 aliphatic carbocycles. The lowest BCUT2D eigenvalue weighted by Gasteiger charge is -2.14. The van der Waals surface area contributed by atoms with Crippen LogP contribution in [0, 0.1) is 0 Å². The average molecular weight is 260 g/mol. The normalized spacial score (nSPS) is 11.1. The zero-order valence-electron chi connectivity index (χ0n) is 9.53. The Kier molecular flexibility index (Phi) is 4.85. The number of hydrogen-bond donors (Lipinski definition) is 3. The van der Waals surface area contributed by atoms with Crippen molar-refractivity contribution in [3.05, 3.63) is 24.3 Å². The van der Waals surface area contributed by atoms with Gasteiger partial charge in [-0.1, -0.05) is 6.07 Å². The number of benzene rings is 1. The lowest BCUT2D eigenvalue weighted by Crippen LogP contribution is -2.40. The van der Waals surface area contributed by atoms with Gasteiger partial charge in [0.25, 0.3) is 11.8 Å². The van der Waals surface area contributed by atoms with Gasteiger partial charge in [-0.15, -0.1) is 0 Å². The topological polar surface area (TPSA) is 84.6 Å². The van der Waals surface area contributed by atoms with Crippen LogP contribution in [0.25, 0.3) is 0 Å². The highest BCUT2D eigenvalue weighted by Gasteiger charge is 2.28. The van der Waals surface area contributed by atoms with Crippen LogP contribution < -0.4 is 15.8 Å². The summed E-state index contributed by atoms with van der Waals surface area (Å²) < 4.78 is 30.3. The van der Waals surface area contributed by atoms with E-state index in [9.17, 15) is 13.6 Å². The molecule has 0 spiro atoms. The first-order chi connectivity index (χ1) is 8.43. The van der Waals surface area contributed by atoms with Crippen LogP contribution in [-0.2, 0) is 4.79 Å². The third-order valence-corrected chi connectivity index (χ3v) is 2.00. The van der Waals surface area contributed by atoms with Crippen molar-refractivity contribution in [3.63, 3.8) is 0 Å². The van der Waals surface area contributed by atoms with Crippen molar-refractivity contribution < 1.29 is 23.4 Å². The fourth-order valence-corrected chi connectivity index (χ4v) is 1.09. The molecular formula is C11H14F2N2O3. The van der Waals surface area contributed by atoms with Crippen molar-refractivity contribution in [2.45, 2.75) is 5.92 Å². The molecule has 7 heteroatoms. The first-order valence-corrected chi connectivity index (χ1v) is 5.17. The molecule has 1 aromatic rings. The van der Waals surface area contributed by atoms with Crippen molar-refractivity contribution in [3.8, 4) is 5.75 Å². The van der Waals surface area contributed by atoms with Gasteiger partial charge in [0.1, 0.15) is 12.4 Å². The predicted octanol–water partition coefficient (Wildman–Crippen LogP) is 0.391. The number of amides is 1. The molecule has 0 saturated carbocycles. The largest absolute Gasteiger partial charge is 0.484 e. The summed E-state index contributed by atoms with van der Waals surface area (Å²) in [6, 6.07) is 6.39. The van der Waals surface area contributed by atoms with Gasteiger partial charge in [0.05, 0.1) is 6.54 Å². The molecule has 4 N–H and O–H groups in total. The van der Waals surface area contributed by atoms with Crippen LogP contribution in [0.5, 0.6) is 5.75 Å². The van der Waals surface area contributed by atoms with Gasteiger partial charge >= 0.3 is 0 Å². The highest BCUT2D eigenvalue weighted by molar-refractivity contribution is 5.77. The molecule has 0 unspecified atom stereocenters. The number of anilines is 1. The molecule has 0 aliphatic heterocycles. The van der Waals surface area contributed by atoms with Gasteiger partial charge in [-0.05, 0) is 12.1 Å². The summed E-state index contributed by atoms with van der Waals surface area (Å²) in [6.07, 6.45) is 0. The Balaban J connectivity index is 2.34. The highest BCUT2D eigenvalue weighted by Crippen LogP contribution is 2.14. The minimum Gasteiger partial charge on any atom is -0.484 e.